The molecule has 48 valence electrons. The molecule has 0 heterocycles. The molecule has 0 aromatic heterocycles. The van der Waals surface area contributed by atoms with Gasteiger partial charge in [-0.2, -0.15) is 0 Å². The minimum Gasteiger partial charge on any atom is -0.117 e. The average molecular weight is 184 g/mol. The summed E-state index contributed by atoms with van der Waals surface area (Å²) in [5.74, 6) is 0. The third-order valence-electron chi connectivity index (χ3n) is 0.614. The molecule has 0 fully saturated rings. The zero-order valence-electron chi connectivity index (χ0n) is 5.17. The summed E-state index contributed by atoms with van der Waals surface area (Å²) in [5, 5.41) is 0. The molecule has 0 aliphatic rings. The van der Waals surface area contributed by atoms with Crippen molar-refractivity contribution < 1.29 is 0 Å². The van der Waals surface area contributed by atoms with E-state index in [1.54, 1.807) is 11.8 Å². The van der Waals surface area contributed by atoms with Crippen LogP contribution in [0.15, 0.2) is 0 Å². The van der Waals surface area contributed by atoms with Crippen LogP contribution in [0.4, 0.5) is 0 Å². The lowest BCUT2D eigenvalue weighted by atomic mass is 11.8. The highest BCUT2D eigenvalue weighted by atomic mass is 32.4. The second-order valence-electron chi connectivity index (χ2n) is 1.82. The van der Waals surface area contributed by atoms with Crippen LogP contribution in [0.1, 0.15) is 0 Å². The van der Waals surface area contributed by atoms with Crippen LogP contribution in [0.3, 0.4) is 0 Å². The summed E-state index contributed by atoms with van der Waals surface area (Å²) in [5.41, 5.74) is 0. The molecule has 0 aliphatic heterocycles. The monoisotopic (exact) mass is 184 g/mol. The van der Waals surface area contributed by atoms with Crippen LogP contribution in [-0.2, 0) is 11.8 Å². The summed E-state index contributed by atoms with van der Waals surface area (Å²) in [6.07, 6.45) is 1.98. The highest BCUT2D eigenvalue weighted by Gasteiger charge is 2.06. The quantitative estimate of drug-likeness (QED) is 0.453. The molecule has 0 radical (unpaired) electrons. The van der Waals surface area contributed by atoms with Crippen molar-refractivity contribution >= 4 is 45.8 Å². The smallest absolute Gasteiger partial charge is 0.0799 e. The van der Waals surface area contributed by atoms with E-state index in [0.717, 1.165) is 3.94 Å². The zero-order valence-corrected chi connectivity index (χ0v) is 8.52. The van der Waals surface area contributed by atoms with Crippen LogP contribution in [0, 0.1) is 0 Å². The van der Waals surface area contributed by atoms with Gasteiger partial charge in [-0.3, -0.25) is 0 Å². The van der Waals surface area contributed by atoms with E-state index in [0.29, 0.717) is 0 Å². The standard InChI is InChI=1S/C4H9PS3/c1-5(2,7)4(6)8-3/h1-3H3. The van der Waals surface area contributed by atoms with Crippen molar-refractivity contribution in [2.75, 3.05) is 19.6 Å². The number of rotatable bonds is 1. The maximum absolute atomic E-state index is 5.16. The molecule has 0 unspecified atom stereocenters. The average Bonchev–Trinajstić information content (AvgIpc) is 1.62. The molecule has 0 atom stereocenters. The van der Waals surface area contributed by atoms with Crippen molar-refractivity contribution in [3.05, 3.63) is 0 Å². The Kier molecular flexibility index (Phi) is 3.76. The second kappa shape index (κ2) is 3.31. The first-order valence-electron chi connectivity index (χ1n) is 2.12. The van der Waals surface area contributed by atoms with Crippen LogP contribution in [0.25, 0.3) is 0 Å². The van der Waals surface area contributed by atoms with E-state index in [-0.39, 0.29) is 0 Å². The third kappa shape index (κ3) is 3.18. The Labute approximate surface area is 65.4 Å². The van der Waals surface area contributed by atoms with Crippen LogP contribution < -0.4 is 0 Å². The van der Waals surface area contributed by atoms with Gasteiger partial charge >= 0.3 is 0 Å². The van der Waals surface area contributed by atoms with Gasteiger partial charge < -0.3 is 0 Å². The molecule has 0 aliphatic carbocycles. The topological polar surface area (TPSA) is 0 Å². The Morgan fingerprint density at radius 3 is 1.88 bits per heavy atom. The van der Waals surface area contributed by atoms with Gasteiger partial charge in [-0.15, -0.1) is 11.8 Å². The maximum Gasteiger partial charge on any atom is 0.0799 e. The molecule has 0 aromatic carbocycles. The number of thiocarbonyl (C=S) groups is 1. The largest absolute Gasteiger partial charge is 0.117 e. The molecular weight excluding hydrogens is 175 g/mol. The number of hydrogen-bond acceptors (Lipinski definition) is 3. The number of thioether (sulfide) groups is 1. The molecule has 0 nitrogen and oxygen atoms in total. The van der Waals surface area contributed by atoms with E-state index in [4.69, 9.17) is 24.0 Å². The van der Waals surface area contributed by atoms with Crippen molar-refractivity contribution in [1.82, 2.24) is 0 Å². The minimum atomic E-state index is -1.23. The molecule has 0 saturated heterocycles. The van der Waals surface area contributed by atoms with E-state index in [1.807, 2.05) is 6.26 Å². The first-order chi connectivity index (χ1) is 3.48. The van der Waals surface area contributed by atoms with E-state index in [1.165, 1.54) is 0 Å². The summed E-state index contributed by atoms with van der Waals surface area (Å²) < 4.78 is 1.01. The Hall–Kier alpha value is 1.09. The fraction of sp³-hybridized carbons (Fsp3) is 0.750. The van der Waals surface area contributed by atoms with Crippen molar-refractivity contribution in [3.8, 4) is 0 Å². The summed E-state index contributed by atoms with van der Waals surface area (Å²) in [6, 6.07) is -1.23. The fourth-order valence-electron chi connectivity index (χ4n) is 0.220. The molecule has 0 saturated carbocycles. The Morgan fingerprint density at radius 1 is 1.50 bits per heavy atom. The van der Waals surface area contributed by atoms with Crippen molar-refractivity contribution in [3.63, 3.8) is 0 Å². The van der Waals surface area contributed by atoms with Crippen molar-refractivity contribution in [2.24, 2.45) is 0 Å². The molecule has 0 rings (SSSR count). The van der Waals surface area contributed by atoms with E-state index >= 15 is 0 Å². The van der Waals surface area contributed by atoms with Crippen LogP contribution >= 0.6 is 30.0 Å². The van der Waals surface area contributed by atoms with Gasteiger partial charge in [0.15, 0.2) is 0 Å². The second-order valence-corrected chi connectivity index (χ2v) is 9.80. The Morgan fingerprint density at radius 2 is 1.88 bits per heavy atom. The SMILES string of the molecule is CSC(=S)P(C)(C)=S. The normalized spacial score (nSPS) is 11.4. The lowest BCUT2D eigenvalue weighted by Gasteiger charge is -2.06. The molecular formula is C4H9PS3. The molecule has 0 bridgehead atoms. The van der Waals surface area contributed by atoms with Gasteiger partial charge in [0, 0.05) is 0 Å². The first kappa shape index (κ1) is 9.09. The van der Waals surface area contributed by atoms with E-state index in [2.05, 4.69) is 13.3 Å². The highest BCUT2D eigenvalue weighted by molar-refractivity contribution is 8.45. The van der Waals surface area contributed by atoms with Gasteiger partial charge in [-0.25, -0.2) is 0 Å². The molecule has 4 heteroatoms. The molecule has 0 aromatic rings. The summed E-state index contributed by atoms with van der Waals surface area (Å²) in [7, 11) is 0. The van der Waals surface area contributed by atoms with Crippen LogP contribution in [0.5, 0.6) is 0 Å². The Balaban J connectivity index is 4.04. The predicted molar refractivity (Wildman–Crippen MR) is 52.2 cm³/mol. The van der Waals surface area contributed by atoms with Crippen molar-refractivity contribution in [1.29, 1.82) is 0 Å². The fourth-order valence-corrected chi connectivity index (χ4v) is 2.65. The van der Waals surface area contributed by atoms with E-state index in [9.17, 15) is 0 Å². The van der Waals surface area contributed by atoms with Crippen LogP contribution in [0.2, 0.25) is 0 Å². The lowest BCUT2D eigenvalue weighted by Crippen LogP contribution is -1.84. The Bertz CT molecular complexity index is 134. The number of hydrogen-bond donors (Lipinski definition) is 0. The van der Waals surface area contributed by atoms with Gasteiger partial charge in [0.2, 0.25) is 0 Å². The molecule has 0 spiro atoms. The summed E-state index contributed by atoms with van der Waals surface area (Å²) >= 11 is 11.8. The van der Waals surface area contributed by atoms with Gasteiger partial charge in [0.25, 0.3) is 0 Å². The van der Waals surface area contributed by atoms with Gasteiger partial charge in [-0.05, 0) is 25.6 Å². The van der Waals surface area contributed by atoms with Crippen molar-refractivity contribution in [2.45, 2.75) is 0 Å². The lowest BCUT2D eigenvalue weighted by molar-refractivity contribution is 2.27. The molecule has 8 heavy (non-hydrogen) atoms. The first-order valence-corrected chi connectivity index (χ1v) is 7.45. The van der Waals surface area contributed by atoms with Gasteiger partial charge in [0.05, 0.1) is 3.94 Å². The highest BCUT2D eigenvalue weighted by Crippen LogP contribution is 2.42. The minimum absolute atomic E-state index is 1.01. The molecule has 0 amide bonds. The summed E-state index contributed by atoms with van der Waals surface area (Å²) in [6.45, 7) is 4.11. The predicted octanol–water partition coefficient (Wildman–Crippen LogP) is 2.37. The van der Waals surface area contributed by atoms with Gasteiger partial charge in [-0.1, -0.05) is 24.0 Å². The summed E-state index contributed by atoms with van der Waals surface area (Å²) in [4.78, 5) is 0. The maximum atomic E-state index is 5.16. The van der Waals surface area contributed by atoms with E-state index < -0.39 is 6.04 Å². The third-order valence-corrected chi connectivity index (χ3v) is 6.87. The van der Waals surface area contributed by atoms with Crippen LogP contribution in [-0.4, -0.2) is 23.5 Å². The zero-order chi connectivity index (χ0) is 6.78. The van der Waals surface area contributed by atoms with Gasteiger partial charge in [0.1, 0.15) is 0 Å². The molecule has 0 N–H and O–H groups in total.